The molecule has 0 saturated carbocycles. The molecule has 0 radical (unpaired) electrons. The van der Waals surface area contributed by atoms with E-state index in [0.717, 1.165) is 12.1 Å². The molecule has 1 heterocycles. The summed E-state index contributed by atoms with van der Waals surface area (Å²) < 4.78 is 12.9. The lowest BCUT2D eigenvalue weighted by Gasteiger charge is -2.24. The Morgan fingerprint density at radius 3 is 2.68 bits per heavy atom. The van der Waals surface area contributed by atoms with E-state index in [-0.39, 0.29) is 17.6 Å². The second-order valence-electron chi connectivity index (χ2n) is 5.80. The van der Waals surface area contributed by atoms with E-state index in [1.807, 2.05) is 19.0 Å². The lowest BCUT2D eigenvalue weighted by atomic mass is 10.1. The number of carbonyl (C=O) groups excluding carboxylic acids is 2. The number of likely N-dealkylation sites (N-methyl/N-ethyl adjacent to an activating group) is 1. The fourth-order valence-corrected chi connectivity index (χ4v) is 2.51. The Bertz CT molecular complexity index is 531. The van der Waals surface area contributed by atoms with Crippen LogP contribution in [-0.2, 0) is 16.1 Å². The Morgan fingerprint density at radius 1 is 1.36 bits per heavy atom. The molecule has 1 fully saturated rings. The number of halogens is 1. The van der Waals surface area contributed by atoms with Crippen LogP contribution in [0, 0.1) is 5.82 Å². The van der Waals surface area contributed by atoms with Crippen molar-refractivity contribution in [1.29, 1.82) is 0 Å². The maximum Gasteiger partial charge on any atom is 0.242 e. The number of hydrogen-bond acceptors (Lipinski definition) is 3. The van der Waals surface area contributed by atoms with Gasteiger partial charge in [0.05, 0.1) is 0 Å². The van der Waals surface area contributed by atoms with E-state index in [9.17, 15) is 14.0 Å². The first kappa shape index (κ1) is 16.4. The maximum atomic E-state index is 12.9. The van der Waals surface area contributed by atoms with E-state index >= 15 is 0 Å². The van der Waals surface area contributed by atoms with Crippen molar-refractivity contribution < 1.29 is 14.0 Å². The first-order valence-electron chi connectivity index (χ1n) is 7.43. The minimum atomic E-state index is -0.431. The van der Waals surface area contributed by atoms with Crippen molar-refractivity contribution >= 4 is 11.8 Å². The van der Waals surface area contributed by atoms with E-state index in [2.05, 4.69) is 5.32 Å². The Kier molecular flexibility index (Phi) is 5.49. The van der Waals surface area contributed by atoms with Gasteiger partial charge in [-0.05, 0) is 38.2 Å². The average Bonchev–Trinajstić information content (AvgIpc) is 2.82. The molecule has 0 aliphatic carbocycles. The van der Waals surface area contributed by atoms with Crippen LogP contribution in [0.4, 0.5) is 4.39 Å². The molecule has 6 heteroatoms. The van der Waals surface area contributed by atoms with E-state index in [1.165, 1.54) is 12.1 Å². The van der Waals surface area contributed by atoms with Crippen LogP contribution in [0.3, 0.4) is 0 Å². The third-order valence-electron chi connectivity index (χ3n) is 3.76. The van der Waals surface area contributed by atoms with Crippen LogP contribution in [-0.4, -0.2) is 54.8 Å². The molecule has 1 unspecified atom stereocenters. The van der Waals surface area contributed by atoms with Gasteiger partial charge < -0.3 is 15.1 Å². The molecular formula is C16H22FN3O2. The number of nitrogens with one attached hydrogen (secondary N) is 1. The van der Waals surface area contributed by atoms with Gasteiger partial charge in [0.2, 0.25) is 11.8 Å². The predicted octanol–water partition coefficient (Wildman–Crippen LogP) is 0.994. The van der Waals surface area contributed by atoms with E-state index in [1.54, 1.807) is 17.0 Å². The number of carbonyl (C=O) groups is 2. The molecule has 1 N–H and O–H groups in total. The quantitative estimate of drug-likeness (QED) is 0.853. The molecule has 1 saturated heterocycles. The van der Waals surface area contributed by atoms with Crippen molar-refractivity contribution in [2.45, 2.75) is 25.4 Å². The van der Waals surface area contributed by atoms with Crippen molar-refractivity contribution in [2.24, 2.45) is 0 Å². The fourth-order valence-electron chi connectivity index (χ4n) is 2.51. The average molecular weight is 307 g/mol. The lowest BCUT2D eigenvalue weighted by Crippen LogP contribution is -2.45. The summed E-state index contributed by atoms with van der Waals surface area (Å²) in [4.78, 5) is 27.8. The molecule has 1 aromatic rings. The lowest BCUT2D eigenvalue weighted by molar-refractivity contribution is -0.135. The Balaban J connectivity index is 1.96. The molecule has 1 atom stereocenters. The zero-order valence-electron chi connectivity index (χ0n) is 13.0. The highest BCUT2D eigenvalue weighted by molar-refractivity contribution is 5.90. The van der Waals surface area contributed by atoms with Crippen LogP contribution in [0.5, 0.6) is 0 Å². The minimum Gasteiger partial charge on any atom is -0.353 e. The number of benzene rings is 1. The van der Waals surface area contributed by atoms with Gasteiger partial charge in [0.15, 0.2) is 0 Å². The van der Waals surface area contributed by atoms with Crippen LogP contribution in [0.25, 0.3) is 0 Å². The zero-order valence-corrected chi connectivity index (χ0v) is 13.0. The molecule has 120 valence electrons. The minimum absolute atomic E-state index is 0.0305. The third-order valence-corrected chi connectivity index (χ3v) is 3.76. The molecule has 0 bridgehead atoms. The molecule has 0 aromatic heterocycles. The molecule has 1 aliphatic rings. The van der Waals surface area contributed by atoms with Crippen LogP contribution in [0.1, 0.15) is 18.4 Å². The highest BCUT2D eigenvalue weighted by Crippen LogP contribution is 2.21. The molecule has 2 amide bonds. The zero-order chi connectivity index (χ0) is 16.1. The van der Waals surface area contributed by atoms with Gasteiger partial charge in [-0.1, -0.05) is 12.1 Å². The Morgan fingerprint density at radius 2 is 2.05 bits per heavy atom. The summed E-state index contributed by atoms with van der Waals surface area (Å²) in [7, 11) is 3.87. The Hall–Kier alpha value is -1.95. The van der Waals surface area contributed by atoms with E-state index in [0.29, 0.717) is 25.9 Å². The highest BCUT2D eigenvalue weighted by Gasteiger charge is 2.35. The van der Waals surface area contributed by atoms with Crippen LogP contribution in [0.15, 0.2) is 24.3 Å². The van der Waals surface area contributed by atoms with Gasteiger partial charge in [-0.2, -0.15) is 0 Å². The van der Waals surface area contributed by atoms with Crippen molar-refractivity contribution in [3.05, 3.63) is 35.6 Å². The number of rotatable bonds is 6. The van der Waals surface area contributed by atoms with Crippen molar-refractivity contribution in [2.75, 3.05) is 27.2 Å². The van der Waals surface area contributed by atoms with Gasteiger partial charge in [0.1, 0.15) is 11.9 Å². The molecule has 22 heavy (non-hydrogen) atoms. The number of hydrogen-bond donors (Lipinski definition) is 1. The number of nitrogens with zero attached hydrogens (tertiary/aromatic N) is 2. The fraction of sp³-hybridized carbons (Fsp3) is 0.500. The summed E-state index contributed by atoms with van der Waals surface area (Å²) in [5.41, 5.74) is 0.822. The standard InChI is InChI=1S/C16H22FN3O2/c1-19(2)10-9-18-16(22)14-7-8-15(21)20(14)11-12-3-5-13(17)6-4-12/h3-6,14H,7-11H2,1-2H3,(H,18,22). The smallest absolute Gasteiger partial charge is 0.242 e. The molecule has 1 aliphatic heterocycles. The molecule has 1 aromatic carbocycles. The summed E-state index contributed by atoms with van der Waals surface area (Å²) in [5.74, 6) is -0.457. The topological polar surface area (TPSA) is 52.7 Å². The van der Waals surface area contributed by atoms with Crippen LogP contribution in [0.2, 0.25) is 0 Å². The molecule has 0 spiro atoms. The molecule has 5 nitrogen and oxygen atoms in total. The van der Waals surface area contributed by atoms with Gasteiger partial charge in [-0.3, -0.25) is 9.59 Å². The van der Waals surface area contributed by atoms with Gasteiger partial charge in [0, 0.05) is 26.1 Å². The Labute approximate surface area is 130 Å². The molecular weight excluding hydrogens is 285 g/mol. The summed E-state index contributed by atoms with van der Waals surface area (Å²) in [6, 6.07) is 5.58. The number of likely N-dealkylation sites (tertiary alicyclic amines) is 1. The monoisotopic (exact) mass is 307 g/mol. The van der Waals surface area contributed by atoms with Gasteiger partial charge >= 0.3 is 0 Å². The second-order valence-corrected chi connectivity index (χ2v) is 5.80. The predicted molar refractivity (Wildman–Crippen MR) is 81.5 cm³/mol. The summed E-state index contributed by atoms with van der Waals surface area (Å²) in [6.45, 7) is 1.65. The maximum absolute atomic E-state index is 12.9. The molecule has 2 rings (SSSR count). The van der Waals surface area contributed by atoms with Crippen molar-refractivity contribution in [3.63, 3.8) is 0 Å². The van der Waals surface area contributed by atoms with Crippen LogP contribution >= 0.6 is 0 Å². The third kappa shape index (κ3) is 4.27. The van der Waals surface area contributed by atoms with Gasteiger partial charge in [-0.25, -0.2) is 4.39 Å². The SMILES string of the molecule is CN(C)CCNC(=O)C1CCC(=O)N1Cc1ccc(F)cc1. The van der Waals surface area contributed by atoms with Crippen LogP contribution < -0.4 is 5.32 Å². The number of amides is 2. The van der Waals surface area contributed by atoms with Crippen molar-refractivity contribution in [3.8, 4) is 0 Å². The second kappa shape index (κ2) is 7.35. The summed E-state index contributed by atoms with van der Waals surface area (Å²) in [6.07, 6.45) is 0.917. The van der Waals surface area contributed by atoms with E-state index < -0.39 is 6.04 Å². The highest BCUT2D eigenvalue weighted by atomic mass is 19.1. The van der Waals surface area contributed by atoms with Gasteiger partial charge in [0.25, 0.3) is 0 Å². The van der Waals surface area contributed by atoms with E-state index in [4.69, 9.17) is 0 Å². The first-order chi connectivity index (χ1) is 10.5. The summed E-state index contributed by atoms with van der Waals surface area (Å²) in [5, 5.41) is 2.87. The van der Waals surface area contributed by atoms with Gasteiger partial charge in [-0.15, -0.1) is 0 Å². The van der Waals surface area contributed by atoms with Crippen molar-refractivity contribution in [1.82, 2.24) is 15.1 Å². The largest absolute Gasteiger partial charge is 0.353 e. The first-order valence-corrected chi connectivity index (χ1v) is 7.43. The normalized spacial score (nSPS) is 18.1. The summed E-state index contributed by atoms with van der Waals surface area (Å²) >= 11 is 0.